The van der Waals surface area contributed by atoms with Gasteiger partial charge < -0.3 is 20.4 Å². The van der Waals surface area contributed by atoms with Crippen LogP contribution in [-0.4, -0.2) is 68.1 Å². The number of hydrogen-bond acceptors (Lipinski definition) is 4. The number of carbonyl (C=O) groups excluding carboxylic acids is 1. The molecule has 3 rings (SSSR count). The summed E-state index contributed by atoms with van der Waals surface area (Å²) in [6, 6.07) is 4.93. The summed E-state index contributed by atoms with van der Waals surface area (Å²) >= 11 is 0. The number of anilines is 1. The molecule has 0 aliphatic carbocycles. The number of piperazine rings is 1. The largest absolute Gasteiger partial charge is 0.367 e. The zero-order chi connectivity index (χ0) is 17.8. The molecule has 1 aromatic carbocycles. The van der Waals surface area contributed by atoms with E-state index < -0.39 is 0 Å². The fraction of sp³-hybridized carbons (Fsp3) is 0.632. The van der Waals surface area contributed by atoms with Crippen LogP contribution in [0.2, 0.25) is 0 Å². The Balaban J connectivity index is 0.00000182. The molecule has 0 atom stereocenters. The lowest BCUT2D eigenvalue weighted by Crippen LogP contribution is -2.46. The highest BCUT2D eigenvalue weighted by Crippen LogP contribution is 2.24. The van der Waals surface area contributed by atoms with E-state index in [9.17, 15) is 9.18 Å². The quantitative estimate of drug-likeness (QED) is 0.812. The first-order chi connectivity index (χ1) is 12.1. The minimum Gasteiger partial charge on any atom is -0.367 e. The lowest BCUT2D eigenvalue weighted by atomic mass is 9.96. The van der Waals surface area contributed by atoms with Crippen molar-refractivity contribution < 1.29 is 9.18 Å². The number of piperidine rings is 1. The Labute approximate surface area is 173 Å². The van der Waals surface area contributed by atoms with Crippen molar-refractivity contribution in [1.82, 2.24) is 9.80 Å². The zero-order valence-electron chi connectivity index (χ0n) is 15.9. The van der Waals surface area contributed by atoms with Crippen molar-refractivity contribution in [3.05, 3.63) is 29.6 Å². The highest BCUT2D eigenvalue weighted by molar-refractivity contribution is 5.94. The normalized spacial score (nSPS) is 18.6. The maximum atomic E-state index is 14.6. The maximum Gasteiger partial charge on any atom is 0.253 e. The summed E-state index contributed by atoms with van der Waals surface area (Å²) in [5.41, 5.74) is 6.75. The molecule has 2 N–H and O–H groups in total. The Morgan fingerprint density at radius 3 is 2.26 bits per heavy atom. The molecule has 0 saturated carbocycles. The lowest BCUT2D eigenvalue weighted by Gasteiger charge is -2.35. The minimum atomic E-state index is -0.298. The predicted octanol–water partition coefficient (Wildman–Crippen LogP) is 2.62. The van der Waals surface area contributed by atoms with Crippen LogP contribution in [0.5, 0.6) is 0 Å². The molecule has 0 spiro atoms. The Morgan fingerprint density at radius 2 is 1.74 bits per heavy atom. The van der Waals surface area contributed by atoms with E-state index in [0.717, 1.165) is 45.6 Å². The van der Waals surface area contributed by atoms with Crippen molar-refractivity contribution in [2.45, 2.75) is 19.8 Å². The summed E-state index contributed by atoms with van der Waals surface area (Å²) in [7, 11) is 0. The smallest absolute Gasteiger partial charge is 0.253 e. The van der Waals surface area contributed by atoms with Gasteiger partial charge >= 0.3 is 0 Å². The molecule has 2 fully saturated rings. The number of carbonyl (C=O) groups is 1. The highest BCUT2D eigenvalue weighted by atomic mass is 35.5. The zero-order valence-corrected chi connectivity index (χ0v) is 17.5. The molecular weight excluding hydrogens is 390 g/mol. The first kappa shape index (κ1) is 24.0. The van der Waals surface area contributed by atoms with Crippen LogP contribution in [0.3, 0.4) is 0 Å². The lowest BCUT2D eigenvalue weighted by molar-refractivity contribution is 0.0693. The van der Waals surface area contributed by atoms with Crippen LogP contribution in [0, 0.1) is 11.7 Å². The summed E-state index contributed by atoms with van der Waals surface area (Å²) in [5, 5.41) is 0. The van der Waals surface area contributed by atoms with Gasteiger partial charge in [-0.15, -0.1) is 24.8 Å². The van der Waals surface area contributed by atoms with Crippen LogP contribution in [0.15, 0.2) is 18.2 Å². The molecule has 8 heteroatoms. The number of benzene rings is 1. The molecule has 0 unspecified atom stereocenters. The van der Waals surface area contributed by atoms with E-state index in [1.807, 2.05) is 4.90 Å². The fourth-order valence-corrected chi connectivity index (χ4v) is 3.76. The number of nitrogens with two attached hydrogens (primary N) is 1. The van der Waals surface area contributed by atoms with Gasteiger partial charge in [0.25, 0.3) is 5.91 Å². The van der Waals surface area contributed by atoms with Crippen molar-refractivity contribution in [2.75, 3.05) is 57.3 Å². The Morgan fingerprint density at radius 1 is 1.11 bits per heavy atom. The van der Waals surface area contributed by atoms with Gasteiger partial charge in [-0.2, -0.15) is 0 Å². The number of halogens is 3. The van der Waals surface area contributed by atoms with Crippen LogP contribution in [-0.2, 0) is 0 Å². The van der Waals surface area contributed by atoms with Gasteiger partial charge in [-0.25, -0.2) is 4.39 Å². The van der Waals surface area contributed by atoms with Crippen LogP contribution >= 0.6 is 24.8 Å². The van der Waals surface area contributed by atoms with Crippen molar-refractivity contribution in [3.63, 3.8) is 0 Å². The molecule has 0 bridgehead atoms. The molecule has 154 valence electrons. The van der Waals surface area contributed by atoms with Gasteiger partial charge in [-0.1, -0.05) is 6.92 Å². The van der Waals surface area contributed by atoms with E-state index in [1.54, 1.807) is 12.1 Å². The van der Waals surface area contributed by atoms with E-state index in [2.05, 4.69) is 16.7 Å². The van der Waals surface area contributed by atoms with Crippen molar-refractivity contribution in [3.8, 4) is 0 Å². The number of hydrogen-bond donors (Lipinski definition) is 1. The van der Waals surface area contributed by atoms with Crippen molar-refractivity contribution >= 4 is 36.4 Å². The van der Waals surface area contributed by atoms with Gasteiger partial charge in [-0.3, -0.25) is 4.79 Å². The molecule has 2 saturated heterocycles. The van der Waals surface area contributed by atoms with Crippen LogP contribution in [0.1, 0.15) is 30.1 Å². The van der Waals surface area contributed by atoms with E-state index in [0.29, 0.717) is 36.8 Å². The monoisotopic (exact) mass is 420 g/mol. The van der Waals surface area contributed by atoms with Gasteiger partial charge in [-0.05, 0) is 50.0 Å². The first-order valence-corrected chi connectivity index (χ1v) is 9.38. The SMILES string of the molecule is CCN1CCN(c2ccc(C(=O)N3CCC(CN)CC3)cc2F)CC1.Cl.Cl. The second-order valence-electron chi connectivity index (χ2n) is 7.06. The molecule has 27 heavy (non-hydrogen) atoms. The number of likely N-dealkylation sites (N-methyl/N-ethyl adjacent to an activating group) is 1. The van der Waals surface area contributed by atoms with Gasteiger partial charge in [0.2, 0.25) is 0 Å². The van der Waals surface area contributed by atoms with Crippen LogP contribution in [0.25, 0.3) is 0 Å². The number of rotatable bonds is 4. The molecule has 1 aromatic rings. The summed E-state index contributed by atoms with van der Waals surface area (Å²) < 4.78 is 14.6. The van der Waals surface area contributed by atoms with E-state index in [-0.39, 0.29) is 36.5 Å². The second-order valence-corrected chi connectivity index (χ2v) is 7.06. The van der Waals surface area contributed by atoms with Crippen molar-refractivity contribution in [1.29, 1.82) is 0 Å². The molecule has 1 amide bonds. The summed E-state index contributed by atoms with van der Waals surface area (Å²) in [5.74, 6) is 0.134. The summed E-state index contributed by atoms with van der Waals surface area (Å²) in [6.07, 6.45) is 1.87. The number of amides is 1. The molecule has 2 aliphatic rings. The standard InChI is InChI=1S/C19H29FN4O.2ClH/c1-2-22-9-11-23(12-10-22)18-4-3-16(13-17(18)20)19(25)24-7-5-15(14-21)6-8-24;;/h3-4,13,15H,2,5-12,14,21H2,1H3;2*1H. The van der Waals surface area contributed by atoms with Gasteiger partial charge in [0.05, 0.1) is 5.69 Å². The van der Waals surface area contributed by atoms with Gasteiger partial charge in [0.15, 0.2) is 0 Å². The topological polar surface area (TPSA) is 52.8 Å². The molecule has 0 aromatic heterocycles. The molecule has 2 aliphatic heterocycles. The molecule has 0 radical (unpaired) electrons. The first-order valence-electron chi connectivity index (χ1n) is 9.38. The van der Waals surface area contributed by atoms with Crippen LogP contribution < -0.4 is 10.6 Å². The Hall–Kier alpha value is -1.08. The Kier molecular flexibility index (Phi) is 9.81. The average molecular weight is 421 g/mol. The third-order valence-corrected chi connectivity index (χ3v) is 5.59. The summed E-state index contributed by atoms with van der Waals surface area (Å²) in [6.45, 7) is 8.83. The average Bonchev–Trinajstić information content (AvgIpc) is 2.67. The molecular formula is C19H31Cl2FN4O. The predicted molar refractivity (Wildman–Crippen MR) is 113 cm³/mol. The van der Waals surface area contributed by atoms with Gasteiger partial charge in [0, 0.05) is 44.8 Å². The van der Waals surface area contributed by atoms with E-state index in [1.165, 1.54) is 6.07 Å². The number of likely N-dealkylation sites (tertiary alicyclic amines) is 1. The second kappa shape index (κ2) is 11.1. The highest BCUT2D eigenvalue weighted by Gasteiger charge is 2.24. The van der Waals surface area contributed by atoms with Crippen molar-refractivity contribution in [2.24, 2.45) is 11.7 Å². The van der Waals surface area contributed by atoms with Gasteiger partial charge in [0.1, 0.15) is 5.82 Å². The molecule has 5 nitrogen and oxygen atoms in total. The Bertz CT molecular complexity index is 603. The third-order valence-electron chi connectivity index (χ3n) is 5.59. The van der Waals surface area contributed by atoms with E-state index >= 15 is 0 Å². The maximum absolute atomic E-state index is 14.6. The van der Waals surface area contributed by atoms with E-state index in [4.69, 9.17) is 5.73 Å². The summed E-state index contributed by atoms with van der Waals surface area (Å²) in [4.78, 5) is 18.9. The fourth-order valence-electron chi connectivity index (χ4n) is 3.76. The van der Waals surface area contributed by atoms with Crippen LogP contribution in [0.4, 0.5) is 10.1 Å². The third kappa shape index (κ3) is 5.70. The number of nitrogens with zero attached hydrogens (tertiary/aromatic N) is 3. The molecule has 2 heterocycles. The minimum absolute atomic E-state index is 0.